The molecule has 0 bridgehead atoms. The molecule has 0 aromatic heterocycles. The van der Waals surface area contributed by atoms with Crippen LogP contribution in [0, 0.1) is 20.8 Å². The molecule has 2 nitrogen and oxygen atoms in total. The number of aryl methyl sites for hydroxylation is 3. The predicted molar refractivity (Wildman–Crippen MR) is 96.9 cm³/mol. The van der Waals surface area contributed by atoms with Gasteiger partial charge >= 0.3 is 0 Å². The lowest BCUT2D eigenvalue weighted by Gasteiger charge is -2.09. The van der Waals surface area contributed by atoms with Gasteiger partial charge in [0.15, 0.2) is 0 Å². The standard InChI is InChI=1S/C18H20ClNOS/c1-12-6-13(2)8-15(7-12)10-22-11-18(21)20-17-9-16(19)5-4-14(17)3/h4-9H,10-11H2,1-3H3,(H,20,21). The fourth-order valence-electron chi connectivity index (χ4n) is 2.33. The molecule has 4 heteroatoms. The largest absolute Gasteiger partial charge is 0.325 e. The van der Waals surface area contributed by atoms with Crippen LogP contribution in [0.1, 0.15) is 22.3 Å². The number of anilines is 1. The van der Waals surface area contributed by atoms with E-state index in [1.54, 1.807) is 17.8 Å². The lowest BCUT2D eigenvalue weighted by Crippen LogP contribution is -2.15. The molecule has 0 radical (unpaired) electrons. The van der Waals surface area contributed by atoms with Crippen LogP contribution in [0.5, 0.6) is 0 Å². The number of nitrogens with one attached hydrogen (secondary N) is 1. The molecule has 0 aliphatic rings. The summed E-state index contributed by atoms with van der Waals surface area (Å²) in [5, 5.41) is 3.54. The summed E-state index contributed by atoms with van der Waals surface area (Å²) in [4.78, 5) is 12.0. The molecule has 0 saturated carbocycles. The van der Waals surface area contributed by atoms with Crippen LogP contribution < -0.4 is 5.32 Å². The minimum Gasteiger partial charge on any atom is -0.325 e. The molecule has 1 N–H and O–H groups in total. The summed E-state index contributed by atoms with van der Waals surface area (Å²) in [6.07, 6.45) is 0. The average Bonchev–Trinajstić information content (AvgIpc) is 2.42. The van der Waals surface area contributed by atoms with E-state index in [2.05, 4.69) is 37.4 Å². The van der Waals surface area contributed by atoms with Gasteiger partial charge in [-0.3, -0.25) is 4.79 Å². The van der Waals surface area contributed by atoms with Crippen LogP contribution in [0.15, 0.2) is 36.4 Å². The zero-order valence-electron chi connectivity index (χ0n) is 13.1. The summed E-state index contributed by atoms with van der Waals surface area (Å²) in [7, 11) is 0. The Morgan fingerprint density at radius 2 is 1.77 bits per heavy atom. The van der Waals surface area contributed by atoms with Crippen molar-refractivity contribution >= 4 is 35.0 Å². The maximum atomic E-state index is 12.0. The second kappa shape index (κ2) is 7.70. The quantitative estimate of drug-likeness (QED) is 0.821. The van der Waals surface area contributed by atoms with Crippen LogP contribution in [0.25, 0.3) is 0 Å². The Morgan fingerprint density at radius 3 is 2.45 bits per heavy atom. The van der Waals surface area contributed by atoms with Crippen molar-refractivity contribution in [1.82, 2.24) is 0 Å². The number of rotatable bonds is 5. The third kappa shape index (κ3) is 5.08. The van der Waals surface area contributed by atoms with Crippen LogP contribution in [-0.2, 0) is 10.5 Å². The molecule has 2 aromatic carbocycles. The van der Waals surface area contributed by atoms with Crippen molar-refractivity contribution in [1.29, 1.82) is 0 Å². The van der Waals surface area contributed by atoms with E-state index in [1.165, 1.54) is 16.7 Å². The Kier molecular flexibility index (Phi) is 5.92. The molecule has 22 heavy (non-hydrogen) atoms. The van der Waals surface area contributed by atoms with E-state index in [9.17, 15) is 4.79 Å². The second-order valence-corrected chi connectivity index (χ2v) is 6.92. The highest BCUT2D eigenvalue weighted by Gasteiger charge is 2.06. The van der Waals surface area contributed by atoms with E-state index in [0.29, 0.717) is 10.8 Å². The number of benzene rings is 2. The fraction of sp³-hybridized carbons (Fsp3) is 0.278. The Labute approximate surface area is 141 Å². The zero-order chi connectivity index (χ0) is 16.1. The molecule has 0 atom stereocenters. The number of carbonyl (C=O) groups is 1. The number of hydrogen-bond acceptors (Lipinski definition) is 2. The molecule has 0 spiro atoms. The van der Waals surface area contributed by atoms with Gasteiger partial charge in [-0.25, -0.2) is 0 Å². The molecule has 0 aliphatic carbocycles. The minimum atomic E-state index is -0.000239. The first kappa shape index (κ1) is 16.9. The first-order valence-corrected chi connectivity index (χ1v) is 8.68. The molecule has 0 unspecified atom stereocenters. The van der Waals surface area contributed by atoms with Crippen molar-refractivity contribution in [3.05, 3.63) is 63.7 Å². The molecule has 2 aromatic rings. The second-order valence-electron chi connectivity index (χ2n) is 5.50. The number of thioether (sulfide) groups is 1. The lowest BCUT2D eigenvalue weighted by atomic mass is 10.1. The van der Waals surface area contributed by atoms with E-state index in [0.717, 1.165) is 17.0 Å². The molecular formula is C18H20ClNOS. The van der Waals surface area contributed by atoms with E-state index >= 15 is 0 Å². The summed E-state index contributed by atoms with van der Waals surface area (Å²) < 4.78 is 0. The normalized spacial score (nSPS) is 10.5. The molecular weight excluding hydrogens is 314 g/mol. The molecule has 0 heterocycles. The molecule has 1 amide bonds. The van der Waals surface area contributed by atoms with Gasteiger partial charge < -0.3 is 5.32 Å². The van der Waals surface area contributed by atoms with Gasteiger partial charge in [-0.2, -0.15) is 0 Å². The molecule has 0 fully saturated rings. The smallest absolute Gasteiger partial charge is 0.234 e. The SMILES string of the molecule is Cc1cc(C)cc(CSCC(=O)Nc2cc(Cl)ccc2C)c1. The van der Waals surface area contributed by atoms with Gasteiger partial charge in [0.1, 0.15) is 0 Å². The predicted octanol–water partition coefficient (Wildman–Crippen LogP) is 5.14. The van der Waals surface area contributed by atoms with Gasteiger partial charge in [0, 0.05) is 16.5 Å². The van der Waals surface area contributed by atoms with Crippen LogP contribution in [-0.4, -0.2) is 11.7 Å². The van der Waals surface area contributed by atoms with Crippen molar-refractivity contribution in [3.63, 3.8) is 0 Å². The summed E-state index contributed by atoms with van der Waals surface area (Å²) in [6.45, 7) is 6.14. The Bertz CT molecular complexity index is 665. The van der Waals surface area contributed by atoms with Gasteiger partial charge in [-0.05, 0) is 44.0 Å². The van der Waals surface area contributed by atoms with Gasteiger partial charge in [0.05, 0.1) is 5.75 Å². The van der Waals surface area contributed by atoms with Crippen LogP contribution in [0.2, 0.25) is 5.02 Å². The molecule has 0 aliphatic heterocycles. The highest BCUT2D eigenvalue weighted by molar-refractivity contribution is 7.99. The van der Waals surface area contributed by atoms with E-state index in [-0.39, 0.29) is 5.91 Å². The Morgan fingerprint density at radius 1 is 1.09 bits per heavy atom. The van der Waals surface area contributed by atoms with Crippen molar-refractivity contribution < 1.29 is 4.79 Å². The highest BCUT2D eigenvalue weighted by atomic mass is 35.5. The lowest BCUT2D eigenvalue weighted by molar-refractivity contribution is -0.113. The van der Waals surface area contributed by atoms with E-state index in [4.69, 9.17) is 11.6 Å². The van der Waals surface area contributed by atoms with Gasteiger partial charge in [-0.15, -0.1) is 11.8 Å². The van der Waals surface area contributed by atoms with Crippen molar-refractivity contribution in [2.45, 2.75) is 26.5 Å². The van der Waals surface area contributed by atoms with E-state index < -0.39 is 0 Å². The highest BCUT2D eigenvalue weighted by Crippen LogP contribution is 2.21. The monoisotopic (exact) mass is 333 g/mol. The summed E-state index contributed by atoms with van der Waals surface area (Å²) in [6, 6.07) is 12.0. The first-order chi connectivity index (χ1) is 10.4. The topological polar surface area (TPSA) is 29.1 Å². The summed E-state index contributed by atoms with van der Waals surface area (Å²) >= 11 is 7.57. The van der Waals surface area contributed by atoms with E-state index in [1.807, 2.05) is 19.1 Å². The third-order valence-electron chi connectivity index (χ3n) is 3.26. The number of halogens is 1. The molecule has 2 rings (SSSR count). The summed E-state index contributed by atoms with van der Waals surface area (Å²) in [5.41, 5.74) is 5.57. The van der Waals surface area contributed by atoms with Gasteiger partial charge in [0.25, 0.3) is 0 Å². The van der Waals surface area contributed by atoms with Crippen molar-refractivity contribution in [3.8, 4) is 0 Å². The number of hydrogen-bond donors (Lipinski definition) is 1. The van der Waals surface area contributed by atoms with Crippen LogP contribution >= 0.6 is 23.4 Å². The summed E-state index contributed by atoms with van der Waals surface area (Å²) in [5.74, 6) is 1.27. The maximum absolute atomic E-state index is 12.0. The fourth-order valence-corrected chi connectivity index (χ4v) is 3.26. The zero-order valence-corrected chi connectivity index (χ0v) is 14.6. The minimum absolute atomic E-state index is 0.000239. The average molecular weight is 334 g/mol. The van der Waals surface area contributed by atoms with Crippen LogP contribution in [0.3, 0.4) is 0 Å². The molecule has 0 saturated heterocycles. The Hall–Kier alpha value is -1.45. The van der Waals surface area contributed by atoms with Crippen LogP contribution in [0.4, 0.5) is 5.69 Å². The molecule has 116 valence electrons. The third-order valence-corrected chi connectivity index (χ3v) is 4.50. The Balaban J connectivity index is 1.86. The number of carbonyl (C=O) groups excluding carboxylic acids is 1. The van der Waals surface area contributed by atoms with Gasteiger partial charge in [-0.1, -0.05) is 47.0 Å². The maximum Gasteiger partial charge on any atom is 0.234 e. The first-order valence-electron chi connectivity index (χ1n) is 7.15. The number of amides is 1. The van der Waals surface area contributed by atoms with Crippen molar-refractivity contribution in [2.24, 2.45) is 0 Å². The van der Waals surface area contributed by atoms with Gasteiger partial charge in [0.2, 0.25) is 5.91 Å². The van der Waals surface area contributed by atoms with Crippen molar-refractivity contribution in [2.75, 3.05) is 11.1 Å².